The number of ether oxygens (including phenoxy) is 1. The average molecular weight is 520 g/mol. The lowest BCUT2D eigenvalue weighted by Gasteiger charge is -2.26. The number of likely N-dealkylation sites (tertiary alicyclic amines) is 1. The number of nitrogens with one attached hydrogen (secondary N) is 2. The fourth-order valence-corrected chi connectivity index (χ4v) is 5.62. The molecule has 0 amide bonds. The van der Waals surface area contributed by atoms with Gasteiger partial charge in [0.2, 0.25) is 0 Å². The highest BCUT2D eigenvalue weighted by molar-refractivity contribution is 6.05. The van der Waals surface area contributed by atoms with Crippen LogP contribution in [0.5, 0.6) is 5.75 Å². The second-order valence-electron chi connectivity index (χ2n) is 11.1. The maximum Gasteiger partial charge on any atom is 0.141 e. The minimum Gasteiger partial charge on any atom is -0.492 e. The summed E-state index contributed by atoms with van der Waals surface area (Å²) in [5.41, 5.74) is 4.71. The summed E-state index contributed by atoms with van der Waals surface area (Å²) in [6.45, 7) is 10.2. The van der Waals surface area contributed by atoms with Crippen molar-refractivity contribution in [3.8, 4) is 16.9 Å². The van der Waals surface area contributed by atoms with E-state index in [9.17, 15) is 0 Å². The van der Waals surface area contributed by atoms with Gasteiger partial charge in [-0.1, -0.05) is 26.3 Å². The zero-order chi connectivity index (χ0) is 26.3. The van der Waals surface area contributed by atoms with E-state index in [1.165, 1.54) is 51.4 Å². The van der Waals surface area contributed by atoms with Crippen molar-refractivity contribution in [1.29, 1.82) is 0 Å². The number of hydrogen-bond donors (Lipinski definition) is 2. The molecule has 0 aliphatic carbocycles. The molecule has 2 aromatic heterocycles. The smallest absolute Gasteiger partial charge is 0.141 e. The molecule has 5 rings (SSSR count). The van der Waals surface area contributed by atoms with Crippen molar-refractivity contribution in [2.45, 2.75) is 65.2 Å². The van der Waals surface area contributed by atoms with E-state index in [2.05, 4.69) is 34.4 Å². The third-order valence-corrected chi connectivity index (χ3v) is 7.70. The van der Waals surface area contributed by atoms with Crippen molar-refractivity contribution in [3.05, 3.63) is 42.1 Å². The Morgan fingerprint density at radius 3 is 2.63 bits per heavy atom. The minimum absolute atomic E-state index is 0.330. The molecule has 0 radical (unpaired) electrons. The number of fused-ring (bicyclic) bond motifs is 3. The summed E-state index contributed by atoms with van der Waals surface area (Å²) in [5.74, 6) is 0.822. The van der Waals surface area contributed by atoms with Crippen molar-refractivity contribution < 1.29 is 9.13 Å². The molecule has 38 heavy (non-hydrogen) atoms. The van der Waals surface area contributed by atoms with Crippen LogP contribution in [0.2, 0.25) is 0 Å². The summed E-state index contributed by atoms with van der Waals surface area (Å²) < 4.78 is 22.1. The number of piperidine rings is 1. The Kier molecular flexibility index (Phi) is 8.94. The lowest BCUT2D eigenvalue weighted by molar-refractivity contribution is 0.225. The maximum atomic E-state index is 15.7. The number of pyridine rings is 2. The highest BCUT2D eigenvalue weighted by atomic mass is 19.1. The fourth-order valence-electron chi connectivity index (χ4n) is 5.62. The highest BCUT2D eigenvalue weighted by Crippen LogP contribution is 2.44. The van der Waals surface area contributed by atoms with Crippen LogP contribution in [-0.2, 0) is 6.42 Å². The Labute approximate surface area is 226 Å². The molecule has 3 aromatic rings. The first-order chi connectivity index (χ1) is 18.6. The van der Waals surface area contributed by atoms with Crippen LogP contribution in [-0.4, -0.2) is 54.2 Å². The molecule has 0 atom stereocenters. The maximum absolute atomic E-state index is 15.7. The molecule has 0 spiro atoms. The van der Waals surface area contributed by atoms with E-state index in [0.29, 0.717) is 29.4 Å². The van der Waals surface area contributed by atoms with Gasteiger partial charge < -0.3 is 20.3 Å². The third-order valence-electron chi connectivity index (χ3n) is 7.70. The number of unbranched alkanes of at least 4 members (excludes halogenated alkanes) is 1. The van der Waals surface area contributed by atoms with Gasteiger partial charge in [-0.05, 0) is 76.6 Å². The fraction of sp³-hybridized carbons (Fsp3) is 0.548. The van der Waals surface area contributed by atoms with E-state index in [-0.39, 0.29) is 5.82 Å². The first-order valence-electron chi connectivity index (χ1n) is 14.5. The van der Waals surface area contributed by atoms with Crippen molar-refractivity contribution in [3.63, 3.8) is 0 Å². The standard InChI is InChI=1S/C31H42FN5O/c1-22(2)9-8-18-38-31-28(25(32)19-26-29(31)30-27(21-36-26)33-13-14-34-30)23-11-12-24(35-20-23)10-4-7-17-37-15-5-3-6-16-37/h11-12,19-22,33-34H,3-10,13-18H2,1-2H3. The van der Waals surface area contributed by atoms with E-state index in [1.54, 1.807) is 12.4 Å². The van der Waals surface area contributed by atoms with Gasteiger partial charge in [0.15, 0.2) is 0 Å². The Morgan fingerprint density at radius 1 is 1.00 bits per heavy atom. The summed E-state index contributed by atoms with van der Waals surface area (Å²) in [7, 11) is 0. The highest BCUT2D eigenvalue weighted by Gasteiger charge is 2.23. The number of benzene rings is 1. The lowest BCUT2D eigenvalue weighted by Crippen LogP contribution is -2.30. The molecule has 4 heterocycles. The summed E-state index contributed by atoms with van der Waals surface area (Å²) in [6, 6.07) is 5.56. The van der Waals surface area contributed by atoms with Crippen molar-refractivity contribution >= 4 is 22.3 Å². The second kappa shape index (κ2) is 12.7. The van der Waals surface area contributed by atoms with Crippen LogP contribution in [0.3, 0.4) is 0 Å². The Balaban J connectivity index is 1.38. The predicted molar refractivity (Wildman–Crippen MR) is 155 cm³/mol. The summed E-state index contributed by atoms with van der Waals surface area (Å²) in [5, 5.41) is 7.72. The van der Waals surface area contributed by atoms with E-state index < -0.39 is 0 Å². The number of nitrogens with zero attached hydrogens (tertiary/aromatic N) is 3. The Hall–Kier alpha value is -2.93. The van der Waals surface area contributed by atoms with Gasteiger partial charge in [-0.2, -0.15) is 0 Å². The summed E-state index contributed by atoms with van der Waals surface area (Å²) >= 11 is 0. The first-order valence-corrected chi connectivity index (χ1v) is 14.5. The van der Waals surface area contributed by atoms with Crippen molar-refractivity contribution in [2.24, 2.45) is 5.92 Å². The molecule has 0 saturated carbocycles. The van der Waals surface area contributed by atoms with E-state index in [0.717, 1.165) is 66.8 Å². The van der Waals surface area contributed by atoms with Crippen LogP contribution >= 0.6 is 0 Å². The van der Waals surface area contributed by atoms with Crippen LogP contribution in [0.15, 0.2) is 30.6 Å². The molecule has 1 aromatic carbocycles. The van der Waals surface area contributed by atoms with Crippen LogP contribution in [0, 0.1) is 11.7 Å². The van der Waals surface area contributed by atoms with Gasteiger partial charge in [-0.25, -0.2) is 4.39 Å². The zero-order valence-corrected chi connectivity index (χ0v) is 23.0. The number of halogens is 1. The molecular weight excluding hydrogens is 477 g/mol. The second-order valence-corrected chi connectivity index (χ2v) is 11.1. The molecule has 2 aliphatic heterocycles. The molecule has 6 nitrogen and oxygen atoms in total. The molecule has 1 saturated heterocycles. The van der Waals surface area contributed by atoms with E-state index in [1.807, 2.05) is 12.1 Å². The van der Waals surface area contributed by atoms with Crippen LogP contribution in [0.1, 0.15) is 64.5 Å². The number of anilines is 2. The topological polar surface area (TPSA) is 62.3 Å². The molecule has 0 unspecified atom stereocenters. The third kappa shape index (κ3) is 6.37. The quantitative estimate of drug-likeness (QED) is 0.269. The van der Waals surface area contributed by atoms with Gasteiger partial charge in [0.1, 0.15) is 11.6 Å². The largest absolute Gasteiger partial charge is 0.492 e. The van der Waals surface area contributed by atoms with Gasteiger partial charge in [0.05, 0.1) is 40.6 Å². The predicted octanol–water partition coefficient (Wildman–Crippen LogP) is 6.90. The molecule has 204 valence electrons. The molecular formula is C31H42FN5O. The van der Waals surface area contributed by atoms with Gasteiger partial charge in [0, 0.05) is 36.6 Å². The lowest BCUT2D eigenvalue weighted by atomic mass is 9.99. The number of aryl methyl sites for hydroxylation is 1. The first kappa shape index (κ1) is 26.7. The zero-order valence-electron chi connectivity index (χ0n) is 23.0. The summed E-state index contributed by atoms with van der Waals surface area (Å²) in [4.78, 5) is 11.9. The number of aromatic nitrogens is 2. The minimum atomic E-state index is -0.330. The molecule has 7 heteroatoms. The van der Waals surface area contributed by atoms with E-state index >= 15 is 4.39 Å². The Bertz CT molecular complexity index is 1210. The number of rotatable bonds is 11. The molecule has 2 aliphatic rings. The Morgan fingerprint density at radius 2 is 1.84 bits per heavy atom. The van der Waals surface area contributed by atoms with Gasteiger partial charge in [0.25, 0.3) is 0 Å². The average Bonchev–Trinajstić information content (AvgIpc) is 2.94. The molecule has 0 bridgehead atoms. The van der Waals surface area contributed by atoms with Crippen molar-refractivity contribution in [2.75, 3.05) is 50.0 Å². The monoisotopic (exact) mass is 519 g/mol. The summed E-state index contributed by atoms with van der Waals surface area (Å²) in [6.07, 6.45) is 12.9. The van der Waals surface area contributed by atoms with Crippen LogP contribution < -0.4 is 15.4 Å². The van der Waals surface area contributed by atoms with E-state index in [4.69, 9.17) is 9.72 Å². The normalized spacial score (nSPS) is 15.8. The van der Waals surface area contributed by atoms with Gasteiger partial charge in [-0.3, -0.25) is 9.97 Å². The van der Waals surface area contributed by atoms with Crippen molar-refractivity contribution in [1.82, 2.24) is 14.9 Å². The SMILES string of the molecule is CC(C)CCCOc1c(-c2ccc(CCCCN3CCCCC3)nc2)c(F)cc2ncc3c(c12)NCCN3. The molecule has 1 fully saturated rings. The van der Waals surface area contributed by atoms with Crippen LogP contribution in [0.4, 0.5) is 15.8 Å². The number of hydrogen-bond acceptors (Lipinski definition) is 6. The molecule has 2 N–H and O–H groups in total. The van der Waals surface area contributed by atoms with Gasteiger partial charge >= 0.3 is 0 Å². The van der Waals surface area contributed by atoms with Crippen LogP contribution in [0.25, 0.3) is 22.0 Å². The van der Waals surface area contributed by atoms with Gasteiger partial charge in [-0.15, -0.1) is 0 Å².